The number of benzene rings is 1. The Morgan fingerprint density at radius 2 is 2.20 bits per heavy atom. The van der Waals surface area contributed by atoms with Gasteiger partial charge in [0.25, 0.3) is 0 Å². The summed E-state index contributed by atoms with van der Waals surface area (Å²) in [5, 5.41) is 0.0101. The first-order chi connectivity index (χ1) is 7.11. The van der Waals surface area contributed by atoms with E-state index < -0.39 is 5.82 Å². The van der Waals surface area contributed by atoms with Gasteiger partial charge in [0.05, 0.1) is 16.4 Å². The van der Waals surface area contributed by atoms with E-state index in [1.54, 1.807) is 6.07 Å². The van der Waals surface area contributed by atoms with Crippen LogP contribution in [0.15, 0.2) is 36.6 Å². The topological polar surface area (TPSA) is 64.1 Å². The summed E-state index contributed by atoms with van der Waals surface area (Å²) < 4.78 is 13.5. The van der Waals surface area contributed by atoms with Crippen LogP contribution in [0.4, 0.5) is 4.39 Å². The largest absolute Gasteiger partial charge is 0.396 e. The van der Waals surface area contributed by atoms with Gasteiger partial charge in [-0.2, -0.15) is 0 Å². The normalized spacial score (nSPS) is 11.9. The minimum Gasteiger partial charge on any atom is -0.396 e. The number of nitrogens with one attached hydrogen (secondary N) is 1. The first kappa shape index (κ1) is 11.6. The Morgan fingerprint density at radius 3 is 2.73 bits per heavy atom. The lowest BCUT2D eigenvalue weighted by molar-refractivity contribution is 0.623. The molecule has 0 fully saturated rings. The average Bonchev–Trinajstić information content (AvgIpc) is 2.23. The molecule has 0 heterocycles. The van der Waals surface area contributed by atoms with Crippen molar-refractivity contribution in [1.29, 1.82) is 0 Å². The standard InChI is InChI=1S/C10H11ClFN3/c1-2-8(15-14)10(13)6-4-3-5-7(11)9(6)12/h2-5,15H,1,13-14H2/b10-8-. The van der Waals surface area contributed by atoms with E-state index in [1.165, 1.54) is 18.2 Å². The zero-order valence-electron chi connectivity index (χ0n) is 7.93. The predicted molar refractivity (Wildman–Crippen MR) is 60.0 cm³/mol. The van der Waals surface area contributed by atoms with Gasteiger partial charge in [0, 0.05) is 5.56 Å². The second-order valence-corrected chi connectivity index (χ2v) is 3.18. The van der Waals surface area contributed by atoms with Gasteiger partial charge < -0.3 is 11.2 Å². The number of hydrogen-bond donors (Lipinski definition) is 3. The summed E-state index contributed by atoms with van der Waals surface area (Å²) in [7, 11) is 0. The van der Waals surface area contributed by atoms with Crippen molar-refractivity contribution in [2.45, 2.75) is 0 Å². The molecule has 0 aliphatic heterocycles. The van der Waals surface area contributed by atoms with Crippen molar-refractivity contribution in [3.63, 3.8) is 0 Å². The van der Waals surface area contributed by atoms with Crippen molar-refractivity contribution >= 4 is 17.3 Å². The molecule has 1 rings (SSSR count). The number of nitrogens with two attached hydrogens (primary N) is 2. The predicted octanol–water partition coefficient (Wildman–Crippen LogP) is 1.76. The molecular weight excluding hydrogens is 217 g/mol. The van der Waals surface area contributed by atoms with Gasteiger partial charge in [-0.1, -0.05) is 24.2 Å². The summed E-state index contributed by atoms with van der Waals surface area (Å²) in [5.41, 5.74) is 8.71. The maximum Gasteiger partial charge on any atom is 0.151 e. The smallest absolute Gasteiger partial charge is 0.151 e. The van der Waals surface area contributed by atoms with Crippen LogP contribution in [-0.2, 0) is 0 Å². The van der Waals surface area contributed by atoms with Crippen LogP contribution in [0.5, 0.6) is 0 Å². The Kier molecular flexibility index (Phi) is 3.71. The van der Waals surface area contributed by atoms with E-state index in [-0.39, 0.29) is 16.3 Å². The number of rotatable bonds is 3. The first-order valence-electron chi connectivity index (χ1n) is 4.15. The SMILES string of the molecule is C=C/C(NN)=C(/N)c1cccc(Cl)c1F. The second-order valence-electron chi connectivity index (χ2n) is 2.78. The van der Waals surface area contributed by atoms with Gasteiger partial charge >= 0.3 is 0 Å². The van der Waals surface area contributed by atoms with E-state index >= 15 is 0 Å². The number of hydrogen-bond acceptors (Lipinski definition) is 3. The molecule has 80 valence electrons. The van der Waals surface area contributed by atoms with Gasteiger partial charge in [0.1, 0.15) is 0 Å². The molecule has 0 radical (unpaired) electrons. The van der Waals surface area contributed by atoms with Crippen molar-refractivity contribution in [3.8, 4) is 0 Å². The molecule has 0 atom stereocenters. The van der Waals surface area contributed by atoms with Crippen LogP contribution in [0, 0.1) is 5.82 Å². The highest BCUT2D eigenvalue weighted by molar-refractivity contribution is 6.30. The van der Waals surface area contributed by atoms with Crippen LogP contribution in [-0.4, -0.2) is 0 Å². The van der Waals surface area contributed by atoms with Crippen molar-refractivity contribution < 1.29 is 4.39 Å². The quantitative estimate of drug-likeness (QED) is 0.419. The molecule has 5 N–H and O–H groups in total. The highest BCUT2D eigenvalue weighted by atomic mass is 35.5. The molecule has 0 unspecified atom stereocenters. The Bertz CT molecular complexity index is 415. The van der Waals surface area contributed by atoms with Gasteiger partial charge in [0.2, 0.25) is 0 Å². The van der Waals surface area contributed by atoms with Crippen LogP contribution in [0.3, 0.4) is 0 Å². The lowest BCUT2D eigenvalue weighted by Crippen LogP contribution is -2.23. The molecule has 0 saturated heterocycles. The van der Waals surface area contributed by atoms with Crippen LogP contribution < -0.4 is 17.0 Å². The molecule has 0 amide bonds. The molecule has 15 heavy (non-hydrogen) atoms. The third kappa shape index (κ3) is 2.29. The lowest BCUT2D eigenvalue weighted by Gasteiger charge is -2.09. The molecule has 1 aromatic carbocycles. The molecule has 0 bridgehead atoms. The highest BCUT2D eigenvalue weighted by Crippen LogP contribution is 2.22. The number of hydrazine groups is 1. The maximum atomic E-state index is 13.5. The van der Waals surface area contributed by atoms with Crippen LogP contribution in [0.1, 0.15) is 5.56 Å². The van der Waals surface area contributed by atoms with E-state index in [0.29, 0.717) is 5.70 Å². The van der Waals surface area contributed by atoms with Crippen molar-refractivity contribution in [1.82, 2.24) is 5.43 Å². The number of halogens is 2. The summed E-state index contributed by atoms with van der Waals surface area (Å²) >= 11 is 5.62. The summed E-state index contributed by atoms with van der Waals surface area (Å²) in [6, 6.07) is 4.55. The molecule has 1 aromatic rings. The fraction of sp³-hybridized carbons (Fsp3) is 0. The molecule has 0 aliphatic rings. The second kappa shape index (κ2) is 4.82. The van der Waals surface area contributed by atoms with Gasteiger partial charge in [-0.05, 0) is 18.2 Å². The van der Waals surface area contributed by atoms with Crippen molar-refractivity contribution in [2.75, 3.05) is 0 Å². The fourth-order valence-electron chi connectivity index (χ4n) is 1.10. The Hall–Kier alpha value is -1.52. The van der Waals surface area contributed by atoms with E-state index in [9.17, 15) is 4.39 Å². The monoisotopic (exact) mass is 227 g/mol. The summed E-state index contributed by atoms with van der Waals surface area (Å²) in [6.07, 6.45) is 1.40. The number of allylic oxidation sites excluding steroid dienone is 1. The summed E-state index contributed by atoms with van der Waals surface area (Å²) in [6.45, 7) is 3.49. The van der Waals surface area contributed by atoms with Crippen LogP contribution in [0.2, 0.25) is 5.02 Å². The lowest BCUT2D eigenvalue weighted by atomic mass is 10.1. The van der Waals surface area contributed by atoms with Gasteiger partial charge in [-0.15, -0.1) is 0 Å². The molecule has 0 saturated carbocycles. The maximum absolute atomic E-state index is 13.5. The van der Waals surface area contributed by atoms with E-state index in [1.807, 2.05) is 0 Å². The zero-order chi connectivity index (χ0) is 11.4. The third-order valence-electron chi connectivity index (χ3n) is 1.89. The Morgan fingerprint density at radius 1 is 1.53 bits per heavy atom. The van der Waals surface area contributed by atoms with Crippen LogP contribution in [0.25, 0.3) is 5.70 Å². The third-order valence-corrected chi connectivity index (χ3v) is 2.18. The minimum absolute atomic E-state index is 0.0101. The van der Waals surface area contributed by atoms with E-state index in [4.69, 9.17) is 23.2 Å². The van der Waals surface area contributed by atoms with Gasteiger partial charge in [-0.25, -0.2) is 4.39 Å². The molecule has 0 aliphatic carbocycles. The van der Waals surface area contributed by atoms with Crippen LogP contribution >= 0.6 is 11.6 Å². The summed E-state index contributed by atoms with van der Waals surface area (Å²) in [5.74, 6) is 4.62. The van der Waals surface area contributed by atoms with Crippen molar-refractivity contribution in [3.05, 3.63) is 53.0 Å². The molecule has 5 heteroatoms. The molecule has 0 aromatic heterocycles. The first-order valence-corrected chi connectivity index (χ1v) is 4.52. The molecule has 3 nitrogen and oxygen atoms in total. The van der Waals surface area contributed by atoms with Crippen molar-refractivity contribution in [2.24, 2.45) is 11.6 Å². The van der Waals surface area contributed by atoms with E-state index in [0.717, 1.165) is 0 Å². The van der Waals surface area contributed by atoms with Gasteiger partial charge in [0.15, 0.2) is 5.82 Å². The Balaban J connectivity index is 3.33. The van der Waals surface area contributed by atoms with E-state index in [2.05, 4.69) is 12.0 Å². The highest BCUT2D eigenvalue weighted by Gasteiger charge is 2.10. The minimum atomic E-state index is -0.578. The summed E-state index contributed by atoms with van der Waals surface area (Å²) in [4.78, 5) is 0. The zero-order valence-corrected chi connectivity index (χ0v) is 8.68. The fourth-order valence-corrected chi connectivity index (χ4v) is 1.28. The molecular formula is C10H11ClFN3. The average molecular weight is 228 g/mol. The molecule has 0 spiro atoms. The van der Waals surface area contributed by atoms with Gasteiger partial charge in [-0.3, -0.25) is 5.84 Å². The Labute approximate surface area is 92.2 Å².